The van der Waals surface area contributed by atoms with E-state index in [0.29, 0.717) is 31.5 Å². The molecule has 0 aliphatic rings. The lowest BCUT2D eigenvalue weighted by Crippen LogP contribution is -2.35. The normalized spacial score (nSPS) is 11.1. The van der Waals surface area contributed by atoms with Crippen molar-refractivity contribution in [1.29, 1.82) is 0 Å². The molecule has 0 aliphatic heterocycles. The number of halogens is 3. The van der Waals surface area contributed by atoms with Crippen molar-refractivity contribution in [3.63, 3.8) is 0 Å². The van der Waals surface area contributed by atoms with Gasteiger partial charge in [0.15, 0.2) is 0 Å². The number of nitrogens with zero attached hydrogens (tertiary/aromatic N) is 2. The third-order valence-corrected chi connectivity index (χ3v) is 6.53. The summed E-state index contributed by atoms with van der Waals surface area (Å²) in [4.78, 5) is 28.3. The Morgan fingerprint density at radius 2 is 1.14 bits per heavy atom. The third kappa shape index (κ3) is 11.4. The summed E-state index contributed by atoms with van der Waals surface area (Å²) in [6.45, 7) is 0.852. The number of unbranched alkanes of at least 4 members (excludes halogenated alkanes) is 3. The van der Waals surface area contributed by atoms with E-state index in [1.807, 2.05) is 60.7 Å². The van der Waals surface area contributed by atoms with Crippen molar-refractivity contribution in [3.05, 3.63) is 107 Å². The molecule has 10 heteroatoms. The number of aliphatic hydroxyl groups is 1. The van der Waals surface area contributed by atoms with Crippen LogP contribution in [0, 0.1) is 0 Å². The minimum atomic E-state index is -4.48. The highest BCUT2D eigenvalue weighted by Crippen LogP contribution is 2.30. The Bertz CT molecular complexity index is 1230. The Morgan fingerprint density at radius 1 is 0.643 bits per heavy atom. The number of ether oxygens (including phenoxy) is 2. The Balaban J connectivity index is 1.49. The van der Waals surface area contributed by atoms with Crippen LogP contribution in [0.4, 0.5) is 22.8 Å². The van der Waals surface area contributed by atoms with Crippen molar-refractivity contribution >= 4 is 12.2 Å². The number of carbonyl (C=O) groups excluding carboxylic acids is 2. The van der Waals surface area contributed by atoms with Gasteiger partial charge in [-0.3, -0.25) is 0 Å². The second-order valence-corrected chi connectivity index (χ2v) is 9.82. The first-order valence-corrected chi connectivity index (χ1v) is 13.9. The highest BCUT2D eigenvalue weighted by Gasteiger charge is 2.30. The van der Waals surface area contributed by atoms with Gasteiger partial charge in [0.2, 0.25) is 0 Å². The first kappa shape index (κ1) is 32.5. The molecule has 3 aromatic rings. The Kier molecular flexibility index (Phi) is 13.2. The monoisotopic (exact) mass is 586 g/mol. The number of amides is 2. The van der Waals surface area contributed by atoms with Gasteiger partial charge in [-0.25, -0.2) is 9.59 Å². The molecule has 0 saturated carbocycles. The van der Waals surface area contributed by atoms with E-state index in [4.69, 9.17) is 9.47 Å². The van der Waals surface area contributed by atoms with Gasteiger partial charge in [0, 0.05) is 26.2 Å². The molecule has 42 heavy (non-hydrogen) atoms. The fraction of sp³-hybridized carbons (Fsp3) is 0.375. The molecule has 0 atom stereocenters. The lowest BCUT2D eigenvalue weighted by Gasteiger charge is -2.23. The summed E-state index contributed by atoms with van der Waals surface area (Å²) >= 11 is 0. The van der Waals surface area contributed by atoms with Crippen LogP contribution in [0.1, 0.15) is 47.9 Å². The van der Waals surface area contributed by atoms with Gasteiger partial charge >= 0.3 is 18.4 Å². The molecule has 226 valence electrons. The van der Waals surface area contributed by atoms with E-state index >= 15 is 0 Å². The van der Waals surface area contributed by atoms with Crippen molar-refractivity contribution in [3.8, 4) is 0 Å². The average Bonchev–Trinajstić information content (AvgIpc) is 3.00. The number of benzene rings is 3. The highest BCUT2D eigenvalue weighted by molar-refractivity contribution is 5.68. The quantitative estimate of drug-likeness (QED) is 0.193. The van der Waals surface area contributed by atoms with Gasteiger partial charge in [-0.2, -0.15) is 13.2 Å². The molecule has 3 aromatic carbocycles. The molecule has 0 heterocycles. The van der Waals surface area contributed by atoms with Gasteiger partial charge in [0.25, 0.3) is 0 Å². The summed E-state index contributed by atoms with van der Waals surface area (Å²) in [5.41, 5.74) is 1.26. The summed E-state index contributed by atoms with van der Waals surface area (Å²) in [7, 11) is 0. The van der Waals surface area contributed by atoms with Crippen LogP contribution >= 0.6 is 0 Å². The van der Waals surface area contributed by atoms with E-state index in [-0.39, 0.29) is 32.9 Å². The number of hydrogen-bond acceptors (Lipinski definition) is 5. The largest absolute Gasteiger partial charge is 0.445 e. The maximum atomic E-state index is 13.2. The number of carbonyl (C=O) groups is 2. The maximum Gasteiger partial charge on any atom is 0.416 e. The Labute approximate surface area is 244 Å². The van der Waals surface area contributed by atoms with Crippen LogP contribution in [0.2, 0.25) is 0 Å². The van der Waals surface area contributed by atoms with Crippen molar-refractivity contribution in [2.75, 3.05) is 26.2 Å². The Hall–Kier alpha value is -4.05. The van der Waals surface area contributed by atoms with E-state index in [9.17, 15) is 27.9 Å². The number of alkyl halides is 3. The van der Waals surface area contributed by atoms with Crippen LogP contribution in [0.15, 0.2) is 84.9 Å². The molecule has 0 fully saturated rings. The first-order chi connectivity index (χ1) is 20.3. The molecule has 0 bridgehead atoms. The summed E-state index contributed by atoms with van der Waals surface area (Å²) < 4.78 is 50.5. The van der Waals surface area contributed by atoms with E-state index in [1.54, 1.807) is 6.07 Å². The molecular weight excluding hydrogens is 549 g/mol. The van der Waals surface area contributed by atoms with Crippen molar-refractivity contribution in [2.45, 2.75) is 51.6 Å². The number of rotatable bonds is 15. The van der Waals surface area contributed by atoms with Crippen LogP contribution in [0.5, 0.6) is 0 Å². The SMILES string of the molecule is O=C(OCc1ccccc1)N(CCO)CCCCCCN(Cc1cccc(C(F)(F)F)c1)C(=O)OCc1ccccc1. The number of hydrogen-bond donors (Lipinski definition) is 1. The van der Waals surface area contributed by atoms with Gasteiger partial charge in [-0.1, -0.05) is 85.6 Å². The van der Waals surface area contributed by atoms with Crippen molar-refractivity contribution < 1.29 is 37.3 Å². The molecule has 0 spiro atoms. The van der Waals surface area contributed by atoms with Crippen LogP contribution in [0.3, 0.4) is 0 Å². The summed E-state index contributed by atoms with van der Waals surface area (Å²) in [5, 5.41) is 9.36. The van der Waals surface area contributed by atoms with Gasteiger partial charge in [-0.05, 0) is 41.7 Å². The molecule has 1 N–H and O–H groups in total. The van der Waals surface area contributed by atoms with E-state index < -0.39 is 23.9 Å². The molecule has 0 aliphatic carbocycles. The van der Waals surface area contributed by atoms with Gasteiger partial charge in [0.05, 0.1) is 12.2 Å². The zero-order chi connectivity index (χ0) is 30.2. The zero-order valence-corrected chi connectivity index (χ0v) is 23.5. The molecule has 0 unspecified atom stereocenters. The maximum absolute atomic E-state index is 13.2. The zero-order valence-electron chi connectivity index (χ0n) is 23.5. The second kappa shape index (κ2) is 17.0. The Morgan fingerprint density at radius 3 is 1.67 bits per heavy atom. The number of aliphatic hydroxyl groups excluding tert-OH is 1. The molecule has 0 aromatic heterocycles. The lowest BCUT2D eigenvalue weighted by atomic mass is 10.1. The van der Waals surface area contributed by atoms with Gasteiger partial charge < -0.3 is 24.4 Å². The minimum Gasteiger partial charge on any atom is -0.445 e. The molecule has 7 nitrogen and oxygen atoms in total. The van der Waals surface area contributed by atoms with E-state index in [1.165, 1.54) is 15.9 Å². The predicted molar refractivity (Wildman–Crippen MR) is 152 cm³/mol. The standard InChI is InChI=1S/C32H37F3N2O5/c33-32(34,35)29-17-11-16-28(22-29)23-37(31(40)42-25-27-14-7-4-8-15-27)19-10-2-1-9-18-36(20-21-38)30(39)41-24-26-12-5-3-6-13-26/h3-8,11-17,22,38H,1-2,9-10,18-21,23-25H2. The highest BCUT2D eigenvalue weighted by atomic mass is 19.4. The summed E-state index contributed by atoms with van der Waals surface area (Å²) in [6, 6.07) is 23.4. The van der Waals surface area contributed by atoms with Crippen molar-refractivity contribution in [2.24, 2.45) is 0 Å². The summed E-state index contributed by atoms with van der Waals surface area (Å²) in [6.07, 6.45) is -2.87. The minimum absolute atomic E-state index is 0.0188. The second-order valence-electron chi connectivity index (χ2n) is 9.82. The van der Waals surface area contributed by atoms with Crippen LogP contribution in [0.25, 0.3) is 0 Å². The van der Waals surface area contributed by atoms with Gasteiger partial charge in [0.1, 0.15) is 13.2 Å². The molecule has 2 amide bonds. The third-order valence-electron chi connectivity index (χ3n) is 6.53. The predicted octanol–water partition coefficient (Wildman–Crippen LogP) is 7.04. The molecule has 0 radical (unpaired) electrons. The van der Waals surface area contributed by atoms with Crippen LogP contribution in [-0.4, -0.2) is 53.3 Å². The van der Waals surface area contributed by atoms with E-state index in [0.717, 1.165) is 36.1 Å². The molecular formula is C32H37F3N2O5. The first-order valence-electron chi connectivity index (χ1n) is 13.9. The fourth-order valence-electron chi connectivity index (χ4n) is 4.30. The molecule has 0 saturated heterocycles. The molecule has 3 rings (SSSR count). The van der Waals surface area contributed by atoms with Gasteiger partial charge in [-0.15, -0.1) is 0 Å². The topological polar surface area (TPSA) is 79.3 Å². The van der Waals surface area contributed by atoms with Crippen LogP contribution in [-0.2, 0) is 35.4 Å². The average molecular weight is 587 g/mol. The summed E-state index contributed by atoms with van der Waals surface area (Å²) in [5.74, 6) is 0. The fourth-order valence-corrected chi connectivity index (χ4v) is 4.30. The lowest BCUT2D eigenvalue weighted by molar-refractivity contribution is -0.137. The van der Waals surface area contributed by atoms with E-state index in [2.05, 4.69) is 0 Å². The van der Waals surface area contributed by atoms with Crippen LogP contribution < -0.4 is 0 Å². The smallest absolute Gasteiger partial charge is 0.416 e. The van der Waals surface area contributed by atoms with Crippen molar-refractivity contribution in [1.82, 2.24) is 9.80 Å².